The molecule has 2 heterocycles. The molecular formula is C30H32ClFN3O2S+. The van der Waals surface area contributed by atoms with Crippen LogP contribution in [0.1, 0.15) is 46.5 Å². The maximum Gasteiger partial charge on any atom is 0.266 e. The van der Waals surface area contributed by atoms with E-state index in [9.17, 15) is 9.18 Å². The standard InChI is InChI=1S/C30H32ClFN3O2S/c1-18-4-10-24(32)28-26(18)27(31)29(38-28)30(36)35(23-8-6-22(33)7-9-23)17-21-16-20(5-11-25(21)37-3)19-12-14-34(2)15-13-19/h4-5,10-16,22-23H,6-9,17,33H2,1-3H3/q+1. The first-order valence-corrected chi connectivity index (χ1v) is 14.0. The summed E-state index contributed by atoms with van der Waals surface area (Å²) in [4.78, 5) is 16.5. The fraction of sp³-hybridized carbons (Fsp3) is 0.333. The summed E-state index contributed by atoms with van der Waals surface area (Å²) in [6.45, 7) is 2.23. The van der Waals surface area contributed by atoms with Crippen LogP contribution in [0.2, 0.25) is 5.02 Å². The van der Waals surface area contributed by atoms with Gasteiger partial charge in [0.05, 0.1) is 16.8 Å². The number of halogens is 2. The van der Waals surface area contributed by atoms with Crippen LogP contribution in [0, 0.1) is 12.7 Å². The fourth-order valence-corrected chi connectivity index (χ4v) is 6.92. The summed E-state index contributed by atoms with van der Waals surface area (Å²) in [5.74, 6) is 0.164. The first-order chi connectivity index (χ1) is 18.3. The van der Waals surface area contributed by atoms with E-state index in [1.807, 2.05) is 48.0 Å². The molecule has 1 aliphatic carbocycles. The summed E-state index contributed by atoms with van der Waals surface area (Å²) >= 11 is 7.90. The molecule has 4 aromatic rings. The molecule has 1 amide bonds. The number of aryl methyl sites for hydroxylation is 2. The lowest BCUT2D eigenvalue weighted by molar-refractivity contribution is -0.671. The third kappa shape index (κ3) is 5.15. The molecule has 0 aliphatic heterocycles. The van der Waals surface area contributed by atoms with Gasteiger partial charge in [0.2, 0.25) is 0 Å². The molecular weight excluding hydrogens is 521 g/mol. The Kier molecular flexibility index (Phi) is 7.70. The molecule has 1 fully saturated rings. The Morgan fingerprint density at radius 3 is 2.50 bits per heavy atom. The highest BCUT2D eigenvalue weighted by Crippen LogP contribution is 2.41. The highest BCUT2D eigenvalue weighted by atomic mass is 35.5. The average Bonchev–Trinajstić information content (AvgIpc) is 3.28. The van der Waals surface area contributed by atoms with E-state index in [0.717, 1.165) is 59.3 Å². The van der Waals surface area contributed by atoms with Crippen LogP contribution in [0.3, 0.4) is 0 Å². The molecule has 0 radical (unpaired) electrons. The molecule has 2 aromatic heterocycles. The van der Waals surface area contributed by atoms with Crippen LogP contribution >= 0.6 is 22.9 Å². The van der Waals surface area contributed by atoms with Crippen molar-refractivity contribution in [2.24, 2.45) is 12.8 Å². The molecule has 2 N–H and O–H groups in total. The van der Waals surface area contributed by atoms with Crippen LogP contribution in [0.4, 0.5) is 4.39 Å². The van der Waals surface area contributed by atoms with Gasteiger partial charge in [-0.2, -0.15) is 0 Å². The minimum absolute atomic E-state index is 0.00124. The van der Waals surface area contributed by atoms with Gasteiger partial charge in [0, 0.05) is 41.7 Å². The maximum absolute atomic E-state index is 14.7. The van der Waals surface area contributed by atoms with Crippen LogP contribution in [-0.4, -0.2) is 30.0 Å². The van der Waals surface area contributed by atoms with E-state index in [1.54, 1.807) is 13.2 Å². The normalized spacial score (nSPS) is 17.5. The van der Waals surface area contributed by atoms with Gasteiger partial charge >= 0.3 is 0 Å². The predicted molar refractivity (Wildman–Crippen MR) is 151 cm³/mol. The van der Waals surface area contributed by atoms with Crippen LogP contribution in [-0.2, 0) is 13.6 Å². The second kappa shape index (κ2) is 11.0. The van der Waals surface area contributed by atoms with E-state index in [1.165, 1.54) is 6.07 Å². The quantitative estimate of drug-likeness (QED) is 0.281. The number of carbonyl (C=O) groups is 1. The lowest BCUT2D eigenvalue weighted by Gasteiger charge is -2.36. The van der Waals surface area contributed by atoms with Gasteiger partial charge in [-0.25, -0.2) is 8.96 Å². The van der Waals surface area contributed by atoms with Crippen molar-refractivity contribution in [3.8, 4) is 16.9 Å². The zero-order chi connectivity index (χ0) is 27.0. The molecule has 5 nitrogen and oxygen atoms in total. The van der Waals surface area contributed by atoms with Crippen molar-refractivity contribution in [1.29, 1.82) is 0 Å². The Morgan fingerprint density at radius 2 is 1.84 bits per heavy atom. The molecule has 0 bridgehead atoms. The summed E-state index contributed by atoms with van der Waals surface area (Å²) in [5, 5.41) is 0.935. The lowest BCUT2D eigenvalue weighted by atomic mass is 9.90. The zero-order valence-electron chi connectivity index (χ0n) is 21.8. The van der Waals surface area contributed by atoms with E-state index < -0.39 is 0 Å². The Morgan fingerprint density at radius 1 is 1.13 bits per heavy atom. The number of fused-ring (bicyclic) bond motifs is 1. The summed E-state index contributed by atoms with van der Waals surface area (Å²) in [6, 6.07) is 13.4. The van der Waals surface area contributed by atoms with Gasteiger partial charge < -0.3 is 15.4 Å². The minimum Gasteiger partial charge on any atom is -0.496 e. The summed E-state index contributed by atoms with van der Waals surface area (Å²) < 4.78 is 22.8. The van der Waals surface area contributed by atoms with Crippen molar-refractivity contribution in [2.75, 3.05) is 7.11 Å². The van der Waals surface area contributed by atoms with Gasteiger partial charge in [-0.15, -0.1) is 11.3 Å². The third-order valence-corrected chi connectivity index (χ3v) is 9.19. The van der Waals surface area contributed by atoms with Crippen molar-refractivity contribution in [2.45, 2.75) is 51.2 Å². The Labute approximate surface area is 231 Å². The maximum atomic E-state index is 14.7. The lowest BCUT2D eigenvalue weighted by Crippen LogP contribution is -2.43. The number of carbonyl (C=O) groups excluding carboxylic acids is 1. The highest BCUT2D eigenvalue weighted by Gasteiger charge is 2.32. The zero-order valence-corrected chi connectivity index (χ0v) is 23.4. The molecule has 198 valence electrons. The van der Waals surface area contributed by atoms with Gasteiger partial charge in [0.25, 0.3) is 5.91 Å². The Bertz CT molecular complexity index is 1480. The summed E-state index contributed by atoms with van der Waals surface area (Å²) in [5.41, 5.74) is 10.1. The van der Waals surface area contributed by atoms with E-state index in [2.05, 4.69) is 18.2 Å². The Balaban J connectivity index is 1.56. The second-order valence-electron chi connectivity index (χ2n) is 10.1. The highest BCUT2D eigenvalue weighted by molar-refractivity contribution is 7.21. The first-order valence-electron chi connectivity index (χ1n) is 12.8. The summed E-state index contributed by atoms with van der Waals surface area (Å²) in [7, 11) is 3.62. The number of pyridine rings is 1. The third-order valence-electron chi connectivity index (χ3n) is 7.51. The van der Waals surface area contributed by atoms with Gasteiger partial charge in [0.15, 0.2) is 12.4 Å². The molecule has 1 saturated carbocycles. The number of aromatic nitrogens is 1. The van der Waals surface area contributed by atoms with Crippen molar-refractivity contribution in [3.63, 3.8) is 0 Å². The number of hydrogen-bond donors (Lipinski definition) is 1. The molecule has 1 aliphatic rings. The molecule has 38 heavy (non-hydrogen) atoms. The number of ether oxygens (including phenoxy) is 1. The minimum atomic E-state index is -0.364. The van der Waals surface area contributed by atoms with E-state index in [4.69, 9.17) is 22.1 Å². The number of thiophene rings is 1. The van der Waals surface area contributed by atoms with E-state index >= 15 is 0 Å². The number of nitrogens with zero attached hydrogens (tertiary/aromatic N) is 2. The number of hydrogen-bond acceptors (Lipinski definition) is 4. The molecule has 0 spiro atoms. The average molecular weight is 553 g/mol. The van der Waals surface area contributed by atoms with Gasteiger partial charge in [-0.1, -0.05) is 23.7 Å². The molecule has 2 aromatic carbocycles. The van der Waals surface area contributed by atoms with Crippen molar-refractivity contribution in [3.05, 3.63) is 81.7 Å². The first kappa shape index (κ1) is 26.6. The Hall–Kier alpha value is -3.00. The fourth-order valence-electron chi connectivity index (χ4n) is 5.30. The number of benzene rings is 2. The largest absolute Gasteiger partial charge is 0.496 e. The van der Waals surface area contributed by atoms with Crippen LogP contribution in [0.5, 0.6) is 5.75 Å². The van der Waals surface area contributed by atoms with Gasteiger partial charge in [-0.05, 0) is 67.5 Å². The van der Waals surface area contributed by atoms with Crippen LogP contribution in [0.15, 0.2) is 54.9 Å². The number of nitrogens with two attached hydrogens (primary N) is 1. The SMILES string of the molecule is COc1ccc(-c2cc[n+](C)cc2)cc1CN(C(=O)c1sc2c(F)ccc(C)c2c1Cl)C1CCC(N)CC1. The van der Waals surface area contributed by atoms with Crippen molar-refractivity contribution < 1.29 is 18.5 Å². The van der Waals surface area contributed by atoms with Crippen LogP contribution in [0.25, 0.3) is 21.2 Å². The summed E-state index contributed by atoms with van der Waals surface area (Å²) in [6.07, 6.45) is 7.32. The topological polar surface area (TPSA) is 59.4 Å². The number of amides is 1. The molecule has 0 atom stereocenters. The monoisotopic (exact) mass is 552 g/mol. The van der Waals surface area contributed by atoms with Crippen molar-refractivity contribution >= 4 is 38.9 Å². The molecule has 0 saturated heterocycles. The van der Waals surface area contributed by atoms with Gasteiger partial charge in [-0.3, -0.25) is 4.79 Å². The molecule has 5 rings (SSSR count). The number of methoxy groups -OCH3 is 1. The van der Waals surface area contributed by atoms with E-state index in [0.29, 0.717) is 32.3 Å². The van der Waals surface area contributed by atoms with Crippen molar-refractivity contribution in [1.82, 2.24) is 4.90 Å². The second-order valence-corrected chi connectivity index (χ2v) is 11.5. The predicted octanol–water partition coefficient (Wildman–Crippen LogP) is 6.41. The number of rotatable bonds is 6. The molecule has 0 unspecified atom stereocenters. The van der Waals surface area contributed by atoms with E-state index in [-0.39, 0.29) is 23.8 Å². The van der Waals surface area contributed by atoms with Crippen LogP contribution < -0.4 is 15.0 Å². The van der Waals surface area contributed by atoms with Gasteiger partial charge in [0.1, 0.15) is 23.5 Å². The molecule has 8 heteroatoms. The smallest absolute Gasteiger partial charge is 0.266 e.